The fourth-order valence-corrected chi connectivity index (χ4v) is 3.00. The zero-order chi connectivity index (χ0) is 18.6. The lowest BCUT2D eigenvalue weighted by molar-refractivity contribution is 0.587. The van der Waals surface area contributed by atoms with Crippen LogP contribution in [0.2, 0.25) is 0 Å². The maximum atomic E-state index is 11.1. The average molecular weight is 370 g/mol. The lowest BCUT2D eigenvalue weighted by Crippen LogP contribution is -2.21. The van der Waals surface area contributed by atoms with Crippen LogP contribution in [-0.2, 0) is 30.2 Å². The number of sulfonamides is 1. The van der Waals surface area contributed by atoms with Crippen molar-refractivity contribution in [3.8, 4) is 11.3 Å². The number of hydrogen-bond donors (Lipinski definition) is 2. The monoisotopic (exact) mass is 370 g/mol. The molecule has 0 spiro atoms. The minimum Gasteiger partial charge on any atom is -0.379 e. The summed E-state index contributed by atoms with van der Waals surface area (Å²) >= 11 is 0. The number of rotatable bonds is 7. The highest BCUT2D eigenvalue weighted by molar-refractivity contribution is 7.88. The predicted octanol–water partition coefficient (Wildman–Crippen LogP) is 2.75. The van der Waals surface area contributed by atoms with E-state index < -0.39 is 10.0 Å². The number of hydrogen-bond acceptors (Lipinski definition) is 4. The third-order valence-electron chi connectivity index (χ3n) is 4.01. The molecule has 2 aromatic carbocycles. The SMILES string of the molecule is Cn1nc(-c2ccccc2)cc1CNc1ccc(CNS(C)(=O)=O)cc1. The van der Waals surface area contributed by atoms with Crippen LogP contribution in [0.15, 0.2) is 60.7 Å². The molecule has 0 saturated heterocycles. The first-order valence-corrected chi connectivity index (χ1v) is 10.2. The molecule has 0 fully saturated rings. The fraction of sp³-hybridized carbons (Fsp3) is 0.211. The van der Waals surface area contributed by atoms with Crippen LogP contribution >= 0.6 is 0 Å². The van der Waals surface area contributed by atoms with Gasteiger partial charge in [0.1, 0.15) is 0 Å². The van der Waals surface area contributed by atoms with Gasteiger partial charge in [0.2, 0.25) is 10.0 Å². The molecule has 6 nitrogen and oxygen atoms in total. The number of anilines is 1. The van der Waals surface area contributed by atoms with Gasteiger partial charge in [-0.15, -0.1) is 0 Å². The predicted molar refractivity (Wildman–Crippen MR) is 104 cm³/mol. The first-order chi connectivity index (χ1) is 12.4. The summed E-state index contributed by atoms with van der Waals surface area (Å²) in [5, 5.41) is 7.93. The molecule has 26 heavy (non-hydrogen) atoms. The van der Waals surface area contributed by atoms with Crippen molar-refractivity contribution in [2.75, 3.05) is 11.6 Å². The van der Waals surface area contributed by atoms with Gasteiger partial charge in [0.05, 0.1) is 24.2 Å². The highest BCUT2D eigenvalue weighted by atomic mass is 32.2. The van der Waals surface area contributed by atoms with Gasteiger partial charge in [-0.25, -0.2) is 13.1 Å². The van der Waals surface area contributed by atoms with E-state index in [4.69, 9.17) is 0 Å². The molecule has 3 rings (SSSR count). The molecule has 0 saturated carbocycles. The first kappa shape index (κ1) is 18.2. The Balaban J connectivity index is 1.62. The Morgan fingerprint density at radius 2 is 1.69 bits per heavy atom. The molecule has 0 aliphatic heterocycles. The maximum Gasteiger partial charge on any atom is 0.209 e. The lowest BCUT2D eigenvalue weighted by atomic mass is 10.1. The molecule has 3 aromatic rings. The smallest absolute Gasteiger partial charge is 0.209 e. The van der Waals surface area contributed by atoms with Crippen molar-refractivity contribution in [1.82, 2.24) is 14.5 Å². The minimum absolute atomic E-state index is 0.293. The summed E-state index contributed by atoms with van der Waals surface area (Å²) in [5.74, 6) is 0. The number of nitrogens with zero attached hydrogens (tertiary/aromatic N) is 2. The normalized spacial score (nSPS) is 11.5. The van der Waals surface area contributed by atoms with Crippen molar-refractivity contribution in [3.05, 3.63) is 71.9 Å². The summed E-state index contributed by atoms with van der Waals surface area (Å²) in [6.45, 7) is 0.943. The molecular weight excluding hydrogens is 348 g/mol. The van der Waals surface area contributed by atoms with E-state index in [2.05, 4.69) is 21.2 Å². The van der Waals surface area contributed by atoms with Gasteiger partial charge in [-0.1, -0.05) is 42.5 Å². The summed E-state index contributed by atoms with van der Waals surface area (Å²) in [6, 6.07) is 19.8. The van der Waals surface area contributed by atoms with E-state index in [1.165, 1.54) is 0 Å². The lowest BCUT2D eigenvalue weighted by Gasteiger charge is -2.08. The van der Waals surface area contributed by atoms with Gasteiger partial charge >= 0.3 is 0 Å². The number of nitrogens with one attached hydrogen (secondary N) is 2. The molecule has 0 bridgehead atoms. The van der Waals surface area contributed by atoms with E-state index in [1.807, 2.05) is 66.3 Å². The summed E-state index contributed by atoms with van der Waals surface area (Å²) < 4.78 is 26.6. The van der Waals surface area contributed by atoms with Crippen LogP contribution in [-0.4, -0.2) is 24.5 Å². The van der Waals surface area contributed by atoms with Crippen LogP contribution < -0.4 is 10.0 Å². The zero-order valence-corrected chi connectivity index (χ0v) is 15.6. The molecule has 0 aliphatic rings. The standard InChI is InChI=1S/C19H22N4O2S/c1-23-18(12-19(22-23)16-6-4-3-5-7-16)14-20-17-10-8-15(9-11-17)13-21-26(2,24)25/h3-12,20-21H,13-14H2,1-2H3. The summed E-state index contributed by atoms with van der Waals surface area (Å²) in [5.41, 5.74) is 5.00. The van der Waals surface area contributed by atoms with Crippen molar-refractivity contribution >= 4 is 15.7 Å². The van der Waals surface area contributed by atoms with Crippen LogP contribution in [0.1, 0.15) is 11.3 Å². The Labute approximate surface area is 153 Å². The van der Waals surface area contributed by atoms with Crippen molar-refractivity contribution < 1.29 is 8.42 Å². The number of aromatic nitrogens is 2. The summed E-state index contributed by atoms with van der Waals surface area (Å²) in [7, 11) is -1.25. The van der Waals surface area contributed by atoms with Crippen LogP contribution in [0.25, 0.3) is 11.3 Å². The van der Waals surface area contributed by atoms with Gasteiger partial charge < -0.3 is 5.32 Å². The molecule has 0 unspecified atom stereocenters. The largest absolute Gasteiger partial charge is 0.379 e. The van der Waals surface area contributed by atoms with E-state index in [0.717, 1.165) is 34.5 Å². The van der Waals surface area contributed by atoms with E-state index in [9.17, 15) is 8.42 Å². The van der Waals surface area contributed by atoms with E-state index in [1.54, 1.807) is 0 Å². The summed E-state index contributed by atoms with van der Waals surface area (Å²) in [6.07, 6.45) is 1.15. The Kier molecular flexibility index (Phi) is 5.39. The maximum absolute atomic E-state index is 11.1. The second kappa shape index (κ2) is 7.72. The van der Waals surface area contributed by atoms with Gasteiger partial charge in [-0.05, 0) is 23.8 Å². The third kappa shape index (κ3) is 4.93. The molecule has 1 aromatic heterocycles. The third-order valence-corrected chi connectivity index (χ3v) is 4.68. The van der Waals surface area contributed by atoms with E-state index >= 15 is 0 Å². The minimum atomic E-state index is -3.18. The molecule has 2 N–H and O–H groups in total. The van der Waals surface area contributed by atoms with Crippen molar-refractivity contribution in [2.45, 2.75) is 13.1 Å². The molecule has 0 radical (unpaired) electrons. The Morgan fingerprint density at radius 3 is 2.35 bits per heavy atom. The number of benzene rings is 2. The highest BCUT2D eigenvalue weighted by Crippen LogP contribution is 2.19. The van der Waals surface area contributed by atoms with Crippen LogP contribution in [0.4, 0.5) is 5.69 Å². The average Bonchev–Trinajstić information content (AvgIpc) is 3.00. The van der Waals surface area contributed by atoms with E-state index in [0.29, 0.717) is 13.1 Å². The van der Waals surface area contributed by atoms with Crippen LogP contribution in [0, 0.1) is 0 Å². The first-order valence-electron chi connectivity index (χ1n) is 8.26. The molecule has 0 atom stereocenters. The molecule has 7 heteroatoms. The topological polar surface area (TPSA) is 76.0 Å². The van der Waals surface area contributed by atoms with Crippen molar-refractivity contribution in [1.29, 1.82) is 0 Å². The van der Waals surface area contributed by atoms with Crippen LogP contribution in [0.5, 0.6) is 0 Å². The van der Waals surface area contributed by atoms with Gasteiger partial charge in [0.25, 0.3) is 0 Å². The Bertz CT molecular complexity index is 965. The quantitative estimate of drug-likeness (QED) is 0.670. The second-order valence-corrected chi connectivity index (χ2v) is 7.99. The van der Waals surface area contributed by atoms with E-state index in [-0.39, 0.29) is 0 Å². The highest BCUT2D eigenvalue weighted by Gasteiger charge is 2.07. The van der Waals surface area contributed by atoms with Gasteiger partial charge in [0, 0.05) is 24.8 Å². The fourth-order valence-electron chi connectivity index (χ4n) is 2.57. The van der Waals surface area contributed by atoms with Crippen molar-refractivity contribution in [2.24, 2.45) is 7.05 Å². The van der Waals surface area contributed by atoms with Gasteiger partial charge in [-0.2, -0.15) is 5.10 Å². The van der Waals surface area contributed by atoms with Crippen molar-refractivity contribution in [3.63, 3.8) is 0 Å². The van der Waals surface area contributed by atoms with Crippen LogP contribution in [0.3, 0.4) is 0 Å². The number of aryl methyl sites for hydroxylation is 1. The molecule has 0 aliphatic carbocycles. The molecule has 0 amide bonds. The molecular formula is C19H22N4O2S. The Hall–Kier alpha value is -2.64. The summed E-state index contributed by atoms with van der Waals surface area (Å²) in [4.78, 5) is 0. The molecule has 1 heterocycles. The molecule has 136 valence electrons. The zero-order valence-electron chi connectivity index (χ0n) is 14.8. The Morgan fingerprint density at radius 1 is 1.00 bits per heavy atom. The van der Waals surface area contributed by atoms with Gasteiger partial charge in [0.15, 0.2) is 0 Å². The van der Waals surface area contributed by atoms with Gasteiger partial charge in [-0.3, -0.25) is 4.68 Å². The second-order valence-electron chi connectivity index (χ2n) is 6.15.